The number of anilines is 2. The first-order chi connectivity index (χ1) is 14.6. The van der Waals surface area contributed by atoms with E-state index in [0.717, 1.165) is 16.9 Å². The third kappa shape index (κ3) is 4.66. The Hall–Kier alpha value is -3.65. The zero-order valence-corrected chi connectivity index (χ0v) is 17.0. The Labute approximate surface area is 177 Å². The van der Waals surface area contributed by atoms with Gasteiger partial charge in [0.25, 0.3) is 5.91 Å². The van der Waals surface area contributed by atoms with E-state index >= 15 is 0 Å². The Balaban J connectivity index is 1.41. The molecular weight excluding hydrogens is 402 g/mol. The number of amides is 2. The lowest BCUT2D eigenvalue weighted by atomic mass is 10.2. The number of nitrogens with one attached hydrogen (secondary N) is 2. The summed E-state index contributed by atoms with van der Waals surface area (Å²) >= 11 is 1.12. The number of rotatable bonds is 5. The van der Waals surface area contributed by atoms with Crippen molar-refractivity contribution in [2.45, 2.75) is 6.92 Å². The summed E-state index contributed by atoms with van der Waals surface area (Å²) in [5, 5.41) is 5.89. The highest BCUT2D eigenvalue weighted by Gasteiger charge is 2.18. The predicted octanol–water partition coefficient (Wildman–Crippen LogP) is 4.13. The molecule has 2 amide bonds. The molecule has 0 aliphatic carbocycles. The number of aryl methyl sites for hydroxylation is 1. The van der Waals surface area contributed by atoms with Crippen LogP contribution < -0.4 is 20.1 Å². The minimum Gasteiger partial charge on any atom is -0.486 e. The molecule has 30 heavy (non-hydrogen) atoms. The summed E-state index contributed by atoms with van der Waals surface area (Å²) in [7, 11) is 0. The number of nitrogens with zero attached hydrogens (tertiary/aromatic N) is 1. The third-order valence-electron chi connectivity index (χ3n) is 4.26. The van der Waals surface area contributed by atoms with Crippen molar-refractivity contribution in [1.29, 1.82) is 0 Å². The van der Waals surface area contributed by atoms with Gasteiger partial charge in [0.05, 0.1) is 5.69 Å². The zero-order valence-electron chi connectivity index (χ0n) is 16.2. The molecule has 0 bridgehead atoms. The molecule has 0 fully saturated rings. The first-order valence-electron chi connectivity index (χ1n) is 9.31. The number of carbonyl (C=O) groups is 2. The van der Waals surface area contributed by atoms with Gasteiger partial charge in [-0.25, -0.2) is 4.98 Å². The molecule has 0 spiro atoms. The molecule has 152 valence electrons. The second-order valence-electron chi connectivity index (χ2n) is 6.48. The first-order valence-corrected chi connectivity index (χ1v) is 10.1. The highest BCUT2D eigenvalue weighted by molar-refractivity contribution is 7.17. The molecular formula is C22H19N3O4S. The van der Waals surface area contributed by atoms with Crippen LogP contribution in [0.5, 0.6) is 11.5 Å². The topological polar surface area (TPSA) is 89.6 Å². The lowest BCUT2D eigenvalue weighted by molar-refractivity contribution is -0.111. The third-order valence-corrected chi connectivity index (χ3v) is 5.33. The van der Waals surface area contributed by atoms with Crippen molar-refractivity contribution in [3.8, 4) is 11.5 Å². The fraction of sp³-hybridized carbons (Fsp3) is 0.136. The Morgan fingerprint density at radius 2 is 1.80 bits per heavy atom. The number of hydrogen-bond acceptors (Lipinski definition) is 6. The van der Waals surface area contributed by atoms with Crippen LogP contribution in [0.4, 0.5) is 10.8 Å². The number of carbonyl (C=O) groups excluding carboxylic acids is 2. The Kier molecular flexibility index (Phi) is 5.76. The fourth-order valence-corrected chi connectivity index (χ4v) is 3.72. The molecule has 8 heteroatoms. The molecule has 0 unspecified atom stereocenters. The summed E-state index contributed by atoms with van der Waals surface area (Å²) in [6.07, 6.45) is 3.15. The summed E-state index contributed by atoms with van der Waals surface area (Å²) < 4.78 is 11.0. The van der Waals surface area contributed by atoms with Crippen LogP contribution in [-0.4, -0.2) is 30.0 Å². The van der Waals surface area contributed by atoms with E-state index in [0.29, 0.717) is 46.1 Å². The number of thiazole rings is 1. The van der Waals surface area contributed by atoms with Crippen molar-refractivity contribution in [3.05, 3.63) is 70.7 Å². The van der Waals surface area contributed by atoms with E-state index in [1.165, 1.54) is 6.08 Å². The quantitative estimate of drug-likeness (QED) is 0.605. The molecule has 0 atom stereocenters. The summed E-state index contributed by atoms with van der Waals surface area (Å²) in [5.74, 6) is 0.633. The van der Waals surface area contributed by atoms with E-state index < -0.39 is 0 Å². The van der Waals surface area contributed by atoms with E-state index in [1.54, 1.807) is 31.2 Å². The van der Waals surface area contributed by atoms with Crippen LogP contribution in [0, 0.1) is 6.92 Å². The second kappa shape index (κ2) is 8.79. The number of aromatic nitrogens is 1. The number of hydrogen-bond donors (Lipinski definition) is 2. The van der Waals surface area contributed by atoms with E-state index in [4.69, 9.17) is 9.47 Å². The largest absolute Gasteiger partial charge is 0.486 e. The summed E-state index contributed by atoms with van der Waals surface area (Å²) in [6, 6.07) is 14.7. The highest BCUT2D eigenvalue weighted by atomic mass is 32.1. The van der Waals surface area contributed by atoms with E-state index in [9.17, 15) is 9.59 Å². The summed E-state index contributed by atoms with van der Waals surface area (Å²) in [5.41, 5.74) is 2.05. The smallest absolute Gasteiger partial charge is 0.267 e. The van der Waals surface area contributed by atoms with E-state index in [1.807, 2.05) is 30.3 Å². The number of fused-ring (bicyclic) bond motifs is 1. The van der Waals surface area contributed by atoms with Crippen LogP contribution in [0.3, 0.4) is 0 Å². The molecule has 1 aliphatic heterocycles. The minimum absolute atomic E-state index is 0.304. The first kappa shape index (κ1) is 19.7. The standard InChI is InChI=1S/C22H19N3O4S/c1-14-20(21(27)24-16-8-9-17-18(13-16)29-12-11-28-17)30-22(23-14)25-19(26)10-7-15-5-3-2-4-6-15/h2-10,13H,11-12H2,1H3,(H,24,27)(H,23,25,26)/b10-7+. The Bertz CT molecular complexity index is 1110. The Morgan fingerprint density at radius 1 is 1.03 bits per heavy atom. The number of benzene rings is 2. The van der Waals surface area contributed by atoms with Crippen LogP contribution >= 0.6 is 11.3 Å². The van der Waals surface area contributed by atoms with Gasteiger partial charge in [0.1, 0.15) is 18.1 Å². The lowest BCUT2D eigenvalue weighted by Gasteiger charge is -2.18. The predicted molar refractivity (Wildman–Crippen MR) is 116 cm³/mol. The van der Waals surface area contributed by atoms with Crippen LogP contribution in [0.25, 0.3) is 6.08 Å². The average molecular weight is 421 g/mol. The van der Waals surface area contributed by atoms with Gasteiger partial charge in [-0.2, -0.15) is 0 Å². The van der Waals surface area contributed by atoms with Gasteiger partial charge < -0.3 is 14.8 Å². The molecule has 2 aromatic carbocycles. The monoisotopic (exact) mass is 421 g/mol. The maximum absolute atomic E-state index is 12.7. The SMILES string of the molecule is Cc1nc(NC(=O)/C=C/c2ccccc2)sc1C(=O)Nc1ccc2c(c1)OCCO2. The molecule has 0 saturated carbocycles. The van der Waals surface area contributed by atoms with Gasteiger partial charge >= 0.3 is 0 Å². The zero-order chi connectivity index (χ0) is 20.9. The van der Waals surface area contributed by atoms with Crippen molar-refractivity contribution in [1.82, 2.24) is 4.98 Å². The maximum Gasteiger partial charge on any atom is 0.267 e. The normalized spacial score (nSPS) is 12.6. The summed E-state index contributed by atoms with van der Waals surface area (Å²) in [6.45, 7) is 2.71. The van der Waals surface area contributed by atoms with Crippen LogP contribution in [0.2, 0.25) is 0 Å². The van der Waals surface area contributed by atoms with Gasteiger partial charge in [-0.1, -0.05) is 41.7 Å². The minimum atomic E-state index is -0.314. The van der Waals surface area contributed by atoms with Crippen molar-refractivity contribution >= 4 is 40.0 Å². The van der Waals surface area contributed by atoms with Crippen LogP contribution in [0.15, 0.2) is 54.6 Å². The van der Waals surface area contributed by atoms with Crippen molar-refractivity contribution in [2.75, 3.05) is 23.8 Å². The van der Waals surface area contributed by atoms with Crippen molar-refractivity contribution in [3.63, 3.8) is 0 Å². The molecule has 3 aromatic rings. The molecule has 2 N–H and O–H groups in total. The van der Waals surface area contributed by atoms with E-state index in [-0.39, 0.29) is 11.8 Å². The van der Waals surface area contributed by atoms with Gasteiger partial charge in [0.2, 0.25) is 5.91 Å². The molecule has 2 heterocycles. The molecule has 1 aromatic heterocycles. The fourth-order valence-electron chi connectivity index (χ4n) is 2.85. The summed E-state index contributed by atoms with van der Waals surface area (Å²) in [4.78, 5) is 29.5. The maximum atomic E-state index is 12.7. The molecule has 0 saturated heterocycles. The van der Waals surface area contributed by atoms with Gasteiger partial charge in [-0.15, -0.1) is 0 Å². The highest BCUT2D eigenvalue weighted by Crippen LogP contribution is 2.33. The van der Waals surface area contributed by atoms with Gasteiger partial charge in [0, 0.05) is 17.8 Å². The Morgan fingerprint density at radius 3 is 2.60 bits per heavy atom. The van der Waals surface area contributed by atoms with Gasteiger partial charge in [-0.3, -0.25) is 14.9 Å². The van der Waals surface area contributed by atoms with Crippen molar-refractivity contribution < 1.29 is 19.1 Å². The van der Waals surface area contributed by atoms with Gasteiger partial charge in [0.15, 0.2) is 16.6 Å². The molecule has 1 aliphatic rings. The average Bonchev–Trinajstić information content (AvgIpc) is 3.13. The van der Waals surface area contributed by atoms with Crippen LogP contribution in [0.1, 0.15) is 20.9 Å². The molecule has 7 nitrogen and oxygen atoms in total. The second-order valence-corrected chi connectivity index (χ2v) is 7.48. The van der Waals surface area contributed by atoms with Crippen LogP contribution in [-0.2, 0) is 4.79 Å². The van der Waals surface area contributed by atoms with Gasteiger partial charge in [-0.05, 0) is 30.7 Å². The number of ether oxygens (including phenoxy) is 2. The molecule has 0 radical (unpaired) electrons. The van der Waals surface area contributed by atoms with E-state index in [2.05, 4.69) is 15.6 Å². The van der Waals surface area contributed by atoms with Crippen molar-refractivity contribution in [2.24, 2.45) is 0 Å². The molecule has 4 rings (SSSR count). The lowest BCUT2D eigenvalue weighted by Crippen LogP contribution is -2.16.